The zero-order valence-electron chi connectivity index (χ0n) is 14.0. The minimum atomic E-state index is 0.502. The van der Waals surface area contributed by atoms with E-state index in [0.29, 0.717) is 6.04 Å². The van der Waals surface area contributed by atoms with E-state index in [1.165, 1.54) is 32.1 Å². The third-order valence-corrected chi connectivity index (χ3v) is 4.94. The Balaban J connectivity index is 1.93. The lowest BCUT2D eigenvalue weighted by Crippen LogP contribution is -2.40. The molecule has 2 rings (SSSR count). The fraction of sp³-hybridized carbons (Fsp3) is 0.938. The maximum absolute atomic E-state index is 4.35. The van der Waals surface area contributed by atoms with E-state index >= 15 is 0 Å². The van der Waals surface area contributed by atoms with Crippen LogP contribution in [-0.2, 0) is 13.5 Å². The molecule has 0 aromatic carbocycles. The van der Waals surface area contributed by atoms with Crippen LogP contribution in [-0.4, -0.2) is 32.8 Å². The van der Waals surface area contributed by atoms with Crippen LogP contribution in [0.1, 0.15) is 58.7 Å². The molecule has 1 aromatic heterocycles. The maximum Gasteiger partial charge on any atom is 0.176 e. The highest BCUT2D eigenvalue weighted by molar-refractivity contribution is 4.90. The van der Waals surface area contributed by atoms with Crippen molar-refractivity contribution in [3.8, 4) is 0 Å². The Morgan fingerprint density at radius 2 is 1.86 bits per heavy atom. The number of tetrazole rings is 1. The number of hydrogen-bond acceptors (Lipinski definition) is 4. The van der Waals surface area contributed by atoms with Crippen LogP contribution in [0, 0.1) is 17.8 Å². The molecule has 21 heavy (non-hydrogen) atoms. The van der Waals surface area contributed by atoms with Gasteiger partial charge in [-0.25, -0.2) is 0 Å². The molecule has 1 atom stereocenters. The van der Waals surface area contributed by atoms with Gasteiger partial charge < -0.3 is 5.32 Å². The zero-order valence-corrected chi connectivity index (χ0v) is 14.0. The lowest BCUT2D eigenvalue weighted by Gasteiger charge is -2.35. The topological polar surface area (TPSA) is 55.6 Å². The van der Waals surface area contributed by atoms with E-state index in [9.17, 15) is 0 Å². The van der Waals surface area contributed by atoms with Gasteiger partial charge in [0.25, 0.3) is 0 Å². The molecule has 0 radical (unpaired) electrons. The average Bonchev–Trinajstić information content (AvgIpc) is 2.89. The summed E-state index contributed by atoms with van der Waals surface area (Å²) in [5.74, 6) is 3.38. The van der Waals surface area contributed by atoms with Gasteiger partial charge in [-0.3, -0.25) is 0 Å². The van der Waals surface area contributed by atoms with Crippen LogP contribution < -0.4 is 5.32 Å². The average molecular weight is 293 g/mol. The SMILES string of the molecule is CCCNC(Cc1nnn(C)n1)C1CCC(C(C)C)CC1. The van der Waals surface area contributed by atoms with E-state index in [2.05, 4.69) is 41.5 Å². The normalized spacial score (nSPS) is 24.4. The molecule has 0 spiro atoms. The molecule has 0 bridgehead atoms. The molecule has 5 heteroatoms. The standard InChI is InChI=1S/C16H31N5/c1-5-10-17-15(11-16-18-20-21(4)19-16)14-8-6-13(7-9-14)12(2)3/h12-15,17H,5-11H2,1-4H3. The van der Waals surface area contributed by atoms with Crippen LogP contribution >= 0.6 is 0 Å². The third kappa shape index (κ3) is 4.77. The Bertz CT molecular complexity index is 407. The van der Waals surface area contributed by atoms with E-state index in [0.717, 1.165) is 36.5 Å². The fourth-order valence-corrected chi connectivity index (χ4v) is 3.55. The summed E-state index contributed by atoms with van der Waals surface area (Å²) in [6, 6.07) is 0.502. The first-order valence-electron chi connectivity index (χ1n) is 8.56. The van der Waals surface area contributed by atoms with E-state index in [1.807, 2.05) is 7.05 Å². The molecule has 0 saturated heterocycles. The summed E-state index contributed by atoms with van der Waals surface area (Å²) in [6.07, 6.45) is 7.51. The van der Waals surface area contributed by atoms with Gasteiger partial charge in [0.05, 0.1) is 7.05 Å². The Morgan fingerprint density at radius 1 is 1.19 bits per heavy atom. The van der Waals surface area contributed by atoms with E-state index < -0.39 is 0 Å². The predicted octanol–water partition coefficient (Wildman–Crippen LogP) is 2.58. The number of aromatic nitrogens is 4. The van der Waals surface area contributed by atoms with E-state index in [1.54, 1.807) is 4.80 Å². The van der Waals surface area contributed by atoms with E-state index in [4.69, 9.17) is 0 Å². The van der Waals surface area contributed by atoms with Crippen LogP contribution in [0.2, 0.25) is 0 Å². The lowest BCUT2D eigenvalue weighted by molar-refractivity contribution is 0.187. The molecule has 1 aliphatic rings. The monoisotopic (exact) mass is 293 g/mol. The van der Waals surface area contributed by atoms with Gasteiger partial charge in [-0.05, 0) is 61.6 Å². The molecule has 0 aliphatic heterocycles. The van der Waals surface area contributed by atoms with Crippen LogP contribution in [0.25, 0.3) is 0 Å². The lowest BCUT2D eigenvalue weighted by atomic mass is 9.74. The highest BCUT2D eigenvalue weighted by Gasteiger charge is 2.29. The largest absolute Gasteiger partial charge is 0.313 e. The summed E-state index contributed by atoms with van der Waals surface area (Å²) in [7, 11) is 1.83. The summed E-state index contributed by atoms with van der Waals surface area (Å²) in [5.41, 5.74) is 0. The second kappa shape index (κ2) is 7.87. The first kappa shape index (κ1) is 16.4. The van der Waals surface area contributed by atoms with Crippen molar-refractivity contribution in [1.82, 2.24) is 25.5 Å². The van der Waals surface area contributed by atoms with Crippen molar-refractivity contribution in [2.75, 3.05) is 6.54 Å². The van der Waals surface area contributed by atoms with Gasteiger partial charge in [0, 0.05) is 12.5 Å². The smallest absolute Gasteiger partial charge is 0.176 e. The van der Waals surface area contributed by atoms with Crippen molar-refractivity contribution in [2.45, 2.75) is 65.3 Å². The first-order chi connectivity index (χ1) is 10.1. The van der Waals surface area contributed by atoms with Crippen molar-refractivity contribution in [3.05, 3.63) is 5.82 Å². The number of nitrogens with one attached hydrogen (secondary N) is 1. The predicted molar refractivity (Wildman–Crippen MR) is 84.9 cm³/mol. The Kier molecular flexibility index (Phi) is 6.15. The van der Waals surface area contributed by atoms with E-state index in [-0.39, 0.29) is 0 Å². The number of rotatable bonds is 7. The molecular formula is C16H31N5. The molecule has 1 fully saturated rings. The number of nitrogens with zero attached hydrogens (tertiary/aromatic N) is 4. The van der Waals surface area contributed by atoms with Crippen molar-refractivity contribution in [3.63, 3.8) is 0 Å². The van der Waals surface area contributed by atoms with Crippen LogP contribution in [0.5, 0.6) is 0 Å². The highest BCUT2D eigenvalue weighted by atomic mass is 15.6. The molecule has 120 valence electrons. The second-order valence-electron chi connectivity index (χ2n) is 6.88. The zero-order chi connectivity index (χ0) is 15.2. The van der Waals surface area contributed by atoms with Crippen molar-refractivity contribution in [1.29, 1.82) is 0 Å². The molecule has 1 N–H and O–H groups in total. The summed E-state index contributed by atoms with van der Waals surface area (Å²) >= 11 is 0. The summed E-state index contributed by atoms with van der Waals surface area (Å²) in [5, 5.41) is 16.2. The fourth-order valence-electron chi connectivity index (χ4n) is 3.55. The molecule has 1 unspecified atom stereocenters. The summed E-state index contributed by atoms with van der Waals surface area (Å²) in [4.78, 5) is 1.56. The first-order valence-corrected chi connectivity index (χ1v) is 8.56. The quantitative estimate of drug-likeness (QED) is 0.839. The minimum Gasteiger partial charge on any atom is -0.313 e. The molecule has 1 saturated carbocycles. The van der Waals surface area contributed by atoms with Gasteiger partial charge in [-0.2, -0.15) is 4.80 Å². The van der Waals surface area contributed by atoms with Gasteiger partial charge >= 0.3 is 0 Å². The third-order valence-electron chi connectivity index (χ3n) is 4.94. The Hall–Kier alpha value is -0.970. The van der Waals surface area contributed by atoms with Crippen molar-refractivity contribution < 1.29 is 0 Å². The molecule has 1 aliphatic carbocycles. The molecular weight excluding hydrogens is 262 g/mol. The van der Waals surface area contributed by atoms with Crippen LogP contribution in [0.3, 0.4) is 0 Å². The summed E-state index contributed by atoms with van der Waals surface area (Å²) in [6.45, 7) is 8.03. The number of hydrogen-bond donors (Lipinski definition) is 1. The van der Waals surface area contributed by atoms with Gasteiger partial charge in [0.1, 0.15) is 0 Å². The highest BCUT2D eigenvalue weighted by Crippen LogP contribution is 2.35. The Labute approximate surface area is 128 Å². The van der Waals surface area contributed by atoms with Gasteiger partial charge in [-0.15, -0.1) is 10.2 Å². The minimum absolute atomic E-state index is 0.502. The Morgan fingerprint density at radius 3 is 2.38 bits per heavy atom. The molecule has 5 nitrogen and oxygen atoms in total. The molecule has 1 heterocycles. The summed E-state index contributed by atoms with van der Waals surface area (Å²) < 4.78 is 0. The van der Waals surface area contributed by atoms with Crippen molar-refractivity contribution in [2.24, 2.45) is 24.8 Å². The van der Waals surface area contributed by atoms with Gasteiger partial charge in [0.2, 0.25) is 0 Å². The maximum atomic E-state index is 4.35. The molecule has 1 aromatic rings. The van der Waals surface area contributed by atoms with Crippen molar-refractivity contribution >= 4 is 0 Å². The second-order valence-corrected chi connectivity index (χ2v) is 6.88. The van der Waals surface area contributed by atoms with Crippen LogP contribution in [0.15, 0.2) is 0 Å². The van der Waals surface area contributed by atoms with Gasteiger partial charge in [-0.1, -0.05) is 20.8 Å². The number of aryl methyl sites for hydroxylation is 1. The molecule has 0 amide bonds. The van der Waals surface area contributed by atoms with Gasteiger partial charge in [0.15, 0.2) is 5.82 Å². The van der Waals surface area contributed by atoms with Crippen LogP contribution in [0.4, 0.5) is 0 Å².